The fraction of sp³-hybridized carbons (Fsp3) is 0.316. The average molecular weight is 356 g/mol. The summed E-state index contributed by atoms with van der Waals surface area (Å²) >= 11 is 0. The van der Waals surface area contributed by atoms with Crippen LogP contribution in [0.25, 0.3) is 0 Å². The normalized spacial score (nSPS) is 13.9. The molecule has 26 heavy (non-hydrogen) atoms. The van der Waals surface area contributed by atoms with E-state index in [4.69, 9.17) is 9.52 Å². The van der Waals surface area contributed by atoms with Crippen LogP contribution in [-0.2, 0) is 11.3 Å². The molecule has 0 unspecified atom stereocenters. The van der Waals surface area contributed by atoms with Gasteiger partial charge in [0.25, 0.3) is 5.91 Å². The topological polar surface area (TPSA) is 99.9 Å². The largest absolute Gasteiger partial charge is 0.478 e. The number of carbonyl (C=O) groups is 3. The van der Waals surface area contributed by atoms with Gasteiger partial charge in [-0.1, -0.05) is 11.6 Å². The third-order valence-electron chi connectivity index (χ3n) is 4.38. The minimum Gasteiger partial charge on any atom is -0.478 e. The first-order valence-electron chi connectivity index (χ1n) is 8.38. The van der Waals surface area contributed by atoms with Gasteiger partial charge >= 0.3 is 5.97 Å². The SMILES string of the molecule is Cc1ccc(N2CCCC2=O)c(C(=O)NCc2cc(C(=O)O)c(C)o2)c1. The molecule has 1 aromatic carbocycles. The van der Waals surface area contributed by atoms with Crippen molar-refractivity contribution < 1.29 is 23.9 Å². The van der Waals surface area contributed by atoms with Crippen molar-refractivity contribution in [3.8, 4) is 0 Å². The Kier molecular flexibility index (Phi) is 4.79. The number of anilines is 1. The number of carboxylic acid groups (broad SMARTS) is 1. The highest BCUT2D eigenvalue weighted by molar-refractivity contribution is 6.05. The maximum Gasteiger partial charge on any atom is 0.339 e. The van der Waals surface area contributed by atoms with Gasteiger partial charge in [0.1, 0.15) is 17.1 Å². The molecular weight excluding hydrogens is 336 g/mol. The monoisotopic (exact) mass is 356 g/mol. The smallest absolute Gasteiger partial charge is 0.339 e. The van der Waals surface area contributed by atoms with E-state index in [0.717, 1.165) is 12.0 Å². The molecule has 2 heterocycles. The Balaban J connectivity index is 1.79. The molecule has 2 amide bonds. The number of hydrogen-bond donors (Lipinski definition) is 2. The quantitative estimate of drug-likeness (QED) is 0.858. The Morgan fingerprint density at radius 3 is 2.62 bits per heavy atom. The van der Waals surface area contributed by atoms with E-state index in [0.29, 0.717) is 35.7 Å². The van der Waals surface area contributed by atoms with Gasteiger partial charge in [-0.3, -0.25) is 9.59 Å². The number of hydrogen-bond acceptors (Lipinski definition) is 4. The standard InChI is InChI=1S/C19H20N2O5/c1-11-5-6-16(21-7-3-4-17(21)22)15(8-11)18(23)20-10-13-9-14(19(24)25)12(2)26-13/h5-6,8-9H,3-4,7,10H2,1-2H3,(H,20,23)(H,24,25). The van der Waals surface area contributed by atoms with Gasteiger partial charge in [0, 0.05) is 13.0 Å². The molecule has 136 valence electrons. The van der Waals surface area contributed by atoms with Crippen LogP contribution in [0.15, 0.2) is 28.7 Å². The van der Waals surface area contributed by atoms with Crippen LogP contribution in [0.2, 0.25) is 0 Å². The molecule has 0 atom stereocenters. The summed E-state index contributed by atoms with van der Waals surface area (Å²) in [5.74, 6) is -0.748. The van der Waals surface area contributed by atoms with E-state index in [1.54, 1.807) is 24.0 Å². The molecule has 0 bridgehead atoms. The number of furan rings is 1. The molecule has 7 heteroatoms. The predicted molar refractivity (Wildman–Crippen MR) is 94.3 cm³/mol. The third-order valence-corrected chi connectivity index (χ3v) is 4.38. The third kappa shape index (κ3) is 3.46. The minimum absolute atomic E-state index is 0.00987. The molecule has 1 saturated heterocycles. The van der Waals surface area contributed by atoms with E-state index in [9.17, 15) is 14.4 Å². The van der Waals surface area contributed by atoms with Gasteiger partial charge in [0.05, 0.1) is 17.8 Å². The number of nitrogens with one attached hydrogen (secondary N) is 1. The molecule has 1 fully saturated rings. The molecule has 7 nitrogen and oxygen atoms in total. The molecule has 0 saturated carbocycles. The number of aromatic carboxylic acids is 1. The maximum atomic E-state index is 12.7. The fourth-order valence-electron chi connectivity index (χ4n) is 3.08. The van der Waals surface area contributed by atoms with Gasteiger partial charge in [0.2, 0.25) is 5.91 Å². The Labute approximate surface area is 150 Å². The van der Waals surface area contributed by atoms with Gasteiger partial charge in [0.15, 0.2) is 0 Å². The van der Waals surface area contributed by atoms with E-state index in [-0.39, 0.29) is 23.9 Å². The van der Waals surface area contributed by atoms with Crippen molar-refractivity contribution in [2.24, 2.45) is 0 Å². The number of rotatable bonds is 5. The van der Waals surface area contributed by atoms with Crippen LogP contribution in [0.5, 0.6) is 0 Å². The molecule has 1 aliphatic heterocycles. The Morgan fingerprint density at radius 2 is 2.00 bits per heavy atom. The van der Waals surface area contributed by atoms with Crippen molar-refractivity contribution in [2.45, 2.75) is 33.2 Å². The first-order valence-corrected chi connectivity index (χ1v) is 8.38. The van der Waals surface area contributed by atoms with Gasteiger partial charge in [-0.15, -0.1) is 0 Å². The van der Waals surface area contributed by atoms with Crippen LogP contribution < -0.4 is 10.2 Å². The number of carboxylic acids is 1. The molecule has 2 aromatic rings. The summed E-state index contributed by atoms with van der Waals surface area (Å²) in [5.41, 5.74) is 2.00. The Hall–Kier alpha value is -3.09. The Morgan fingerprint density at radius 1 is 1.23 bits per heavy atom. The second kappa shape index (κ2) is 7.03. The summed E-state index contributed by atoms with van der Waals surface area (Å²) in [6, 6.07) is 6.80. The minimum atomic E-state index is -1.07. The van der Waals surface area contributed by atoms with Gasteiger partial charge in [-0.05, 0) is 38.5 Å². The number of aryl methyl sites for hydroxylation is 2. The van der Waals surface area contributed by atoms with Gasteiger partial charge in [-0.2, -0.15) is 0 Å². The molecule has 1 aliphatic rings. The lowest BCUT2D eigenvalue weighted by molar-refractivity contribution is -0.117. The molecule has 1 aromatic heterocycles. The van der Waals surface area contributed by atoms with E-state index in [2.05, 4.69) is 5.32 Å². The zero-order valence-corrected chi connectivity index (χ0v) is 14.7. The van der Waals surface area contributed by atoms with Crippen LogP contribution in [0.3, 0.4) is 0 Å². The van der Waals surface area contributed by atoms with Crippen LogP contribution in [0.1, 0.15) is 50.6 Å². The number of amides is 2. The zero-order valence-electron chi connectivity index (χ0n) is 14.7. The van der Waals surface area contributed by atoms with Crippen molar-refractivity contribution in [2.75, 3.05) is 11.4 Å². The molecule has 0 radical (unpaired) electrons. The van der Waals surface area contributed by atoms with Crippen LogP contribution in [0.4, 0.5) is 5.69 Å². The summed E-state index contributed by atoms with van der Waals surface area (Å²) < 4.78 is 5.37. The zero-order chi connectivity index (χ0) is 18.8. The van der Waals surface area contributed by atoms with Gasteiger partial charge < -0.3 is 19.7 Å². The number of carbonyl (C=O) groups excluding carboxylic acids is 2. The highest BCUT2D eigenvalue weighted by Gasteiger charge is 2.26. The highest BCUT2D eigenvalue weighted by atomic mass is 16.4. The van der Waals surface area contributed by atoms with E-state index in [1.165, 1.54) is 6.07 Å². The lowest BCUT2D eigenvalue weighted by atomic mass is 10.1. The summed E-state index contributed by atoms with van der Waals surface area (Å²) in [7, 11) is 0. The van der Waals surface area contributed by atoms with E-state index in [1.807, 2.05) is 13.0 Å². The lowest BCUT2D eigenvalue weighted by Crippen LogP contribution is -2.29. The lowest BCUT2D eigenvalue weighted by Gasteiger charge is -2.19. The molecular formula is C19H20N2O5. The van der Waals surface area contributed by atoms with Crippen molar-refractivity contribution in [3.05, 3.63) is 52.5 Å². The fourth-order valence-corrected chi connectivity index (χ4v) is 3.08. The molecule has 3 rings (SSSR count). The van der Waals surface area contributed by atoms with Crippen molar-refractivity contribution >= 4 is 23.5 Å². The van der Waals surface area contributed by atoms with Crippen LogP contribution >= 0.6 is 0 Å². The summed E-state index contributed by atoms with van der Waals surface area (Å²) in [4.78, 5) is 37.4. The van der Waals surface area contributed by atoms with Crippen molar-refractivity contribution in [1.29, 1.82) is 0 Å². The van der Waals surface area contributed by atoms with Crippen molar-refractivity contribution in [3.63, 3.8) is 0 Å². The summed E-state index contributed by atoms with van der Waals surface area (Å²) in [6.45, 7) is 4.10. The van der Waals surface area contributed by atoms with Crippen molar-refractivity contribution in [1.82, 2.24) is 5.32 Å². The number of nitrogens with zero attached hydrogens (tertiary/aromatic N) is 1. The van der Waals surface area contributed by atoms with Crippen LogP contribution in [0, 0.1) is 13.8 Å². The number of benzene rings is 1. The molecule has 2 N–H and O–H groups in total. The van der Waals surface area contributed by atoms with Gasteiger partial charge in [-0.25, -0.2) is 4.79 Å². The van der Waals surface area contributed by atoms with Crippen LogP contribution in [-0.4, -0.2) is 29.4 Å². The molecule has 0 spiro atoms. The second-order valence-electron chi connectivity index (χ2n) is 6.34. The van der Waals surface area contributed by atoms with E-state index < -0.39 is 5.97 Å². The predicted octanol–water partition coefficient (Wildman–Crippen LogP) is 2.65. The van der Waals surface area contributed by atoms with E-state index >= 15 is 0 Å². The second-order valence-corrected chi connectivity index (χ2v) is 6.34. The summed E-state index contributed by atoms with van der Waals surface area (Å²) in [6.07, 6.45) is 1.26. The highest BCUT2D eigenvalue weighted by Crippen LogP contribution is 2.26. The Bertz CT molecular complexity index is 884. The first-order chi connectivity index (χ1) is 12.4. The average Bonchev–Trinajstić information content (AvgIpc) is 3.18. The molecule has 0 aliphatic carbocycles. The first kappa shape index (κ1) is 17.7. The maximum absolute atomic E-state index is 12.7. The summed E-state index contributed by atoms with van der Waals surface area (Å²) in [5, 5.41) is 11.8.